The zero-order chi connectivity index (χ0) is 32.4. The van der Waals surface area contributed by atoms with Gasteiger partial charge in [0.25, 0.3) is 11.8 Å². The summed E-state index contributed by atoms with van der Waals surface area (Å²) in [6.45, 7) is 1.81. The van der Waals surface area contributed by atoms with Crippen molar-refractivity contribution in [3.8, 4) is 11.1 Å². The lowest BCUT2D eigenvalue weighted by Gasteiger charge is -2.18. The summed E-state index contributed by atoms with van der Waals surface area (Å²) in [5.74, 6) is -0.705. The molecule has 1 aromatic heterocycles. The molecular weight excluding hydrogens is 596 g/mol. The predicted molar refractivity (Wildman–Crippen MR) is 159 cm³/mol. The Morgan fingerprint density at radius 1 is 0.733 bits per heavy atom. The van der Waals surface area contributed by atoms with Crippen LogP contribution in [0.2, 0.25) is 0 Å². The second-order valence-electron chi connectivity index (χ2n) is 10.2. The van der Waals surface area contributed by atoms with E-state index < -0.39 is 41.3 Å². The van der Waals surface area contributed by atoms with Crippen LogP contribution in [0.5, 0.6) is 0 Å². The van der Waals surface area contributed by atoms with E-state index in [1.807, 2.05) is 6.92 Å². The first-order valence-corrected chi connectivity index (χ1v) is 13.8. The van der Waals surface area contributed by atoms with Crippen molar-refractivity contribution in [3.63, 3.8) is 0 Å². The third-order valence-electron chi connectivity index (χ3n) is 7.24. The van der Waals surface area contributed by atoms with Crippen molar-refractivity contribution in [2.45, 2.75) is 31.7 Å². The van der Waals surface area contributed by atoms with Gasteiger partial charge >= 0.3 is 12.4 Å². The first-order valence-electron chi connectivity index (χ1n) is 13.8. The van der Waals surface area contributed by atoms with E-state index in [-0.39, 0.29) is 11.4 Å². The van der Waals surface area contributed by atoms with Crippen LogP contribution in [0.25, 0.3) is 22.0 Å². The number of hydrogen-bond donors (Lipinski definition) is 2. The Morgan fingerprint density at radius 3 is 1.98 bits per heavy atom. The minimum Gasteiger partial charge on any atom is -0.345 e. The van der Waals surface area contributed by atoms with Gasteiger partial charge < -0.3 is 10.6 Å². The number of hydrogen-bond acceptors (Lipinski definition) is 3. The fourth-order valence-electron chi connectivity index (χ4n) is 4.86. The lowest BCUT2D eigenvalue weighted by Crippen LogP contribution is -2.28. The number of anilines is 1. The highest BCUT2D eigenvalue weighted by molar-refractivity contribution is 6.08. The molecule has 0 aliphatic rings. The molecule has 2 N–H and O–H groups in total. The lowest BCUT2D eigenvalue weighted by atomic mass is 9.98. The summed E-state index contributed by atoms with van der Waals surface area (Å²) in [5.41, 5.74) is 0.904. The van der Waals surface area contributed by atoms with Crippen LogP contribution < -0.4 is 10.6 Å². The number of carbonyl (C=O) groups is 2. The Bertz CT molecular complexity index is 1850. The number of benzene rings is 4. The zero-order valence-electron chi connectivity index (χ0n) is 23.6. The Morgan fingerprint density at radius 2 is 1.36 bits per heavy atom. The average molecular weight is 622 g/mol. The summed E-state index contributed by atoms with van der Waals surface area (Å²) in [7, 11) is 0. The lowest BCUT2D eigenvalue weighted by molar-refractivity contribution is -0.138. The number of pyridine rings is 1. The molecule has 5 aromatic rings. The smallest absolute Gasteiger partial charge is 0.345 e. The van der Waals surface area contributed by atoms with Crippen LogP contribution in [0, 0.1) is 0 Å². The number of fused-ring (bicyclic) bond motifs is 1. The van der Waals surface area contributed by atoms with Crippen molar-refractivity contribution in [1.82, 2.24) is 10.3 Å². The minimum absolute atomic E-state index is 0.222. The fraction of sp³-hybridized carbons (Fsp3) is 0.147. The van der Waals surface area contributed by atoms with Crippen LogP contribution in [0.3, 0.4) is 0 Å². The summed E-state index contributed by atoms with van der Waals surface area (Å²) in [6.07, 6.45) is -8.47. The van der Waals surface area contributed by atoms with Crippen molar-refractivity contribution in [1.29, 1.82) is 0 Å². The number of halogens is 6. The molecule has 45 heavy (non-hydrogen) atoms. The molecule has 2 amide bonds. The molecule has 5 nitrogen and oxygen atoms in total. The number of alkyl halides is 6. The third kappa shape index (κ3) is 7.14. The van der Waals surface area contributed by atoms with Gasteiger partial charge in [-0.25, -0.2) is 4.98 Å². The zero-order valence-corrected chi connectivity index (χ0v) is 23.6. The Kier molecular flexibility index (Phi) is 8.63. The number of nitrogens with one attached hydrogen (secondary N) is 2. The van der Waals surface area contributed by atoms with E-state index in [2.05, 4.69) is 15.6 Å². The summed E-state index contributed by atoms with van der Waals surface area (Å²) in [5, 5.41) is 6.18. The molecule has 1 atom stereocenters. The van der Waals surface area contributed by atoms with Gasteiger partial charge in [-0.15, -0.1) is 0 Å². The van der Waals surface area contributed by atoms with Gasteiger partial charge in [-0.1, -0.05) is 49.4 Å². The first kappa shape index (κ1) is 31.2. The van der Waals surface area contributed by atoms with Gasteiger partial charge in [0.1, 0.15) is 5.82 Å². The Labute approximate surface area is 253 Å². The quantitative estimate of drug-likeness (QED) is 0.178. The molecule has 1 heterocycles. The second-order valence-corrected chi connectivity index (χ2v) is 10.2. The average Bonchev–Trinajstić information content (AvgIpc) is 3.02. The molecule has 0 bridgehead atoms. The predicted octanol–water partition coefficient (Wildman–Crippen LogP) is 9.07. The van der Waals surface area contributed by atoms with Crippen molar-refractivity contribution >= 4 is 28.5 Å². The SMILES string of the molecule is CCC(NC(=O)c1ccc2nc(NC(=O)c3ccccc3-c3ccc(C(F)(F)F)cc3)ccc2c1)c1ccc(C(F)(F)F)cc1. The Hall–Kier alpha value is -5.19. The van der Waals surface area contributed by atoms with Crippen molar-refractivity contribution in [2.24, 2.45) is 0 Å². The number of amides is 2. The van der Waals surface area contributed by atoms with Crippen molar-refractivity contribution in [2.75, 3.05) is 5.32 Å². The molecule has 0 radical (unpaired) electrons. The van der Waals surface area contributed by atoms with Crippen LogP contribution in [0.15, 0.2) is 103 Å². The molecule has 0 aliphatic carbocycles. The Balaban J connectivity index is 1.30. The van der Waals surface area contributed by atoms with E-state index in [1.165, 1.54) is 24.3 Å². The summed E-state index contributed by atoms with van der Waals surface area (Å²) < 4.78 is 77.8. The molecule has 1 unspecified atom stereocenters. The van der Waals surface area contributed by atoms with Gasteiger partial charge in [-0.2, -0.15) is 26.3 Å². The van der Waals surface area contributed by atoms with Crippen molar-refractivity contribution in [3.05, 3.63) is 131 Å². The minimum atomic E-state index is -4.48. The first-order chi connectivity index (χ1) is 21.3. The standard InChI is InChI=1S/C34H25F6N3O2/c1-2-28(21-9-15-25(16-10-21)34(38,39)40)42-31(44)23-11-17-29-22(19-23)12-18-30(41-29)43-32(45)27-6-4-3-5-26(27)20-7-13-24(14-8-20)33(35,36)37/h3-19,28H,2H2,1H3,(H,42,44)(H,41,43,45). The van der Waals surface area contributed by atoms with E-state index in [0.29, 0.717) is 39.6 Å². The van der Waals surface area contributed by atoms with Crippen LogP contribution in [0.4, 0.5) is 32.2 Å². The summed E-state index contributed by atoms with van der Waals surface area (Å²) >= 11 is 0. The molecule has 0 saturated heterocycles. The summed E-state index contributed by atoms with van der Waals surface area (Å²) in [6, 6.07) is 23.2. The van der Waals surface area contributed by atoms with Gasteiger partial charge in [-0.3, -0.25) is 9.59 Å². The van der Waals surface area contributed by atoms with E-state index in [0.717, 1.165) is 24.3 Å². The van der Waals surface area contributed by atoms with E-state index in [9.17, 15) is 35.9 Å². The molecule has 4 aromatic carbocycles. The van der Waals surface area contributed by atoms with Gasteiger partial charge in [-0.05, 0) is 83.8 Å². The van der Waals surface area contributed by atoms with Crippen LogP contribution in [-0.2, 0) is 12.4 Å². The monoisotopic (exact) mass is 621 g/mol. The van der Waals surface area contributed by atoms with Gasteiger partial charge in [0, 0.05) is 16.5 Å². The number of aromatic nitrogens is 1. The van der Waals surface area contributed by atoms with E-state index in [4.69, 9.17) is 0 Å². The molecule has 11 heteroatoms. The maximum absolute atomic E-state index is 13.2. The van der Waals surface area contributed by atoms with E-state index in [1.54, 1.807) is 54.6 Å². The highest BCUT2D eigenvalue weighted by Gasteiger charge is 2.31. The summed E-state index contributed by atoms with van der Waals surface area (Å²) in [4.78, 5) is 30.7. The molecule has 0 fully saturated rings. The van der Waals surface area contributed by atoms with Crippen molar-refractivity contribution < 1.29 is 35.9 Å². The topological polar surface area (TPSA) is 71.1 Å². The maximum Gasteiger partial charge on any atom is 0.416 e. The fourth-order valence-corrected chi connectivity index (χ4v) is 4.86. The highest BCUT2D eigenvalue weighted by Crippen LogP contribution is 2.33. The number of nitrogens with zero attached hydrogens (tertiary/aromatic N) is 1. The third-order valence-corrected chi connectivity index (χ3v) is 7.24. The number of rotatable bonds is 7. The van der Waals surface area contributed by atoms with E-state index >= 15 is 0 Å². The highest BCUT2D eigenvalue weighted by atomic mass is 19.4. The van der Waals surface area contributed by atoms with Gasteiger partial charge in [0.2, 0.25) is 0 Å². The van der Waals surface area contributed by atoms with Crippen LogP contribution in [-0.4, -0.2) is 16.8 Å². The van der Waals surface area contributed by atoms with Crippen LogP contribution in [0.1, 0.15) is 56.8 Å². The largest absolute Gasteiger partial charge is 0.416 e. The molecular formula is C34H25F6N3O2. The second kappa shape index (κ2) is 12.4. The molecule has 0 aliphatic heterocycles. The van der Waals surface area contributed by atoms with Crippen LogP contribution >= 0.6 is 0 Å². The number of carbonyl (C=O) groups excluding carboxylic acids is 2. The molecule has 230 valence electrons. The maximum atomic E-state index is 13.2. The van der Waals surface area contributed by atoms with Gasteiger partial charge in [0.05, 0.1) is 22.7 Å². The van der Waals surface area contributed by atoms with Gasteiger partial charge in [0.15, 0.2) is 0 Å². The molecule has 0 saturated carbocycles. The molecule has 0 spiro atoms. The normalized spacial score (nSPS) is 12.5. The molecule has 5 rings (SSSR count).